The predicted octanol–water partition coefficient (Wildman–Crippen LogP) is 3.63. The van der Waals surface area contributed by atoms with Crippen molar-refractivity contribution in [3.63, 3.8) is 0 Å². The molecule has 1 heterocycles. The van der Waals surface area contributed by atoms with Crippen molar-refractivity contribution in [3.05, 3.63) is 53.6 Å². The van der Waals surface area contributed by atoms with Gasteiger partial charge in [0.1, 0.15) is 23.9 Å². The number of rotatable bonds is 3. The molecule has 2 amide bonds. The van der Waals surface area contributed by atoms with Crippen LogP contribution in [0.1, 0.15) is 26.3 Å². The van der Waals surface area contributed by atoms with Gasteiger partial charge in [-0.2, -0.15) is 0 Å². The monoisotopic (exact) mass is 374 g/mol. The zero-order valence-corrected chi connectivity index (χ0v) is 15.3. The molecule has 27 heavy (non-hydrogen) atoms. The van der Waals surface area contributed by atoms with Gasteiger partial charge in [0, 0.05) is 11.8 Å². The molecule has 142 valence electrons. The van der Waals surface area contributed by atoms with Crippen LogP contribution >= 0.6 is 0 Å². The van der Waals surface area contributed by atoms with Crippen molar-refractivity contribution in [2.45, 2.75) is 26.2 Å². The topological polar surface area (TPSA) is 58.6 Å². The van der Waals surface area contributed by atoms with Gasteiger partial charge in [0.2, 0.25) is 5.91 Å². The molecular weight excluding hydrogens is 354 g/mol. The fourth-order valence-electron chi connectivity index (χ4n) is 2.81. The van der Waals surface area contributed by atoms with Gasteiger partial charge in [0.15, 0.2) is 6.61 Å². The normalized spacial score (nSPS) is 13.8. The minimum absolute atomic E-state index is 0.0125. The van der Waals surface area contributed by atoms with E-state index < -0.39 is 17.5 Å². The lowest BCUT2D eigenvalue weighted by atomic mass is 9.86. The number of hydrogen-bond acceptors (Lipinski definition) is 3. The Morgan fingerprint density at radius 1 is 1.15 bits per heavy atom. The van der Waals surface area contributed by atoms with Crippen LogP contribution in [0.3, 0.4) is 0 Å². The minimum atomic E-state index is -0.798. The van der Waals surface area contributed by atoms with E-state index in [4.69, 9.17) is 4.74 Å². The summed E-state index contributed by atoms with van der Waals surface area (Å²) in [5, 5.41) is 2.40. The Morgan fingerprint density at radius 2 is 1.81 bits per heavy atom. The summed E-state index contributed by atoms with van der Waals surface area (Å²) in [4.78, 5) is 25.8. The maximum absolute atomic E-state index is 13.3. The first-order valence-corrected chi connectivity index (χ1v) is 8.47. The Hall–Kier alpha value is -2.96. The van der Waals surface area contributed by atoms with Gasteiger partial charge in [-0.25, -0.2) is 8.78 Å². The third kappa shape index (κ3) is 4.24. The molecule has 0 atom stereocenters. The number of amides is 2. The summed E-state index contributed by atoms with van der Waals surface area (Å²) in [5.74, 6) is -2.01. The molecule has 0 unspecified atom stereocenters. The third-order valence-corrected chi connectivity index (χ3v) is 4.22. The Bertz CT molecular complexity index is 886. The molecule has 0 bridgehead atoms. The lowest BCUT2D eigenvalue weighted by molar-refractivity contribution is -0.123. The molecular formula is C20H20F2N2O3. The molecule has 0 saturated carbocycles. The molecule has 0 saturated heterocycles. The Labute approximate surface area is 155 Å². The molecule has 1 aliphatic rings. The summed E-state index contributed by atoms with van der Waals surface area (Å²) in [5.41, 5.74) is 1.42. The maximum Gasteiger partial charge on any atom is 0.265 e. The standard InChI is InChI=1S/C20H20F2N2O3/c1-20(2,3)12-4-5-16-17(6-12)27-11-19(26)24(16)10-18(25)23-15-8-13(21)7-14(22)9-15/h4-9H,10-11H2,1-3H3,(H,23,25). The number of nitrogens with one attached hydrogen (secondary N) is 1. The molecule has 3 rings (SSSR count). The van der Waals surface area contributed by atoms with Crippen LogP contribution in [0.5, 0.6) is 5.75 Å². The summed E-state index contributed by atoms with van der Waals surface area (Å²) < 4.78 is 32.0. The van der Waals surface area contributed by atoms with Crippen molar-refractivity contribution in [2.24, 2.45) is 0 Å². The summed E-state index contributed by atoms with van der Waals surface area (Å²) in [7, 11) is 0. The van der Waals surface area contributed by atoms with E-state index in [1.807, 2.05) is 12.1 Å². The summed E-state index contributed by atoms with van der Waals surface area (Å²) in [6, 6.07) is 8.20. The summed E-state index contributed by atoms with van der Waals surface area (Å²) in [6.07, 6.45) is 0. The van der Waals surface area contributed by atoms with E-state index in [0.717, 1.165) is 17.7 Å². The number of fused-ring (bicyclic) bond motifs is 1. The van der Waals surface area contributed by atoms with E-state index >= 15 is 0 Å². The van der Waals surface area contributed by atoms with Crippen molar-refractivity contribution < 1.29 is 23.1 Å². The zero-order valence-electron chi connectivity index (χ0n) is 15.3. The van der Waals surface area contributed by atoms with E-state index in [1.165, 1.54) is 4.90 Å². The highest BCUT2D eigenvalue weighted by atomic mass is 19.1. The van der Waals surface area contributed by atoms with Gasteiger partial charge in [0.05, 0.1) is 5.69 Å². The second-order valence-electron chi connectivity index (χ2n) is 7.41. The quantitative estimate of drug-likeness (QED) is 0.893. The number of benzene rings is 2. The molecule has 0 aliphatic carbocycles. The van der Waals surface area contributed by atoms with E-state index in [2.05, 4.69) is 26.1 Å². The maximum atomic E-state index is 13.3. The van der Waals surface area contributed by atoms with Crippen LogP contribution in [-0.4, -0.2) is 25.0 Å². The van der Waals surface area contributed by atoms with Crippen LogP contribution in [0.15, 0.2) is 36.4 Å². The van der Waals surface area contributed by atoms with Gasteiger partial charge in [-0.05, 0) is 35.2 Å². The van der Waals surface area contributed by atoms with Crippen LogP contribution in [-0.2, 0) is 15.0 Å². The number of nitrogens with zero attached hydrogens (tertiary/aromatic N) is 1. The number of ether oxygens (including phenoxy) is 1. The Morgan fingerprint density at radius 3 is 2.44 bits per heavy atom. The van der Waals surface area contributed by atoms with Gasteiger partial charge in [-0.3, -0.25) is 14.5 Å². The van der Waals surface area contributed by atoms with Crippen molar-refractivity contribution in [1.29, 1.82) is 0 Å². The van der Waals surface area contributed by atoms with E-state index in [9.17, 15) is 18.4 Å². The first-order valence-electron chi connectivity index (χ1n) is 8.47. The molecule has 1 N–H and O–H groups in total. The van der Waals surface area contributed by atoms with Gasteiger partial charge in [-0.1, -0.05) is 26.8 Å². The predicted molar refractivity (Wildman–Crippen MR) is 98.0 cm³/mol. The highest BCUT2D eigenvalue weighted by Gasteiger charge is 2.28. The molecule has 7 heteroatoms. The minimum Gasteiger partial charge on any atom is -0.482 e. The molecule has 0 spiro atoms. The second kappa shape index (κ2) is 6.98. The lowest BCUT2D eigenvalue weighted by Gasteiger charge is -2.30. The summed E-state index contributed by atoms with van der Waals surface area (Å²) >= 11 is 0. The average Bonchev–Trinajstić information content (AvgIpc) is 2.55. The lowest BCUT2D eigenvalue weighted by Crippen LogP contribution is -2.43. The van der Waals surface area contributed by atoms with Crippen molar-refractivity contribution in [3.8, 4) is 5.75 Å². The molecule has 1 aliphatic heterocycles. The first-order chi connectivity index (χ1) is 12.6. The van der Waals surface area contributed by atoms with Crippen LogP contribution < -0.4 is 15.0 Å². The van der Waals surface area contributed by atoms with Gasteiger partial charge < -0.3 is 10.1 Å². The average molecular weight is 374 g/mol. The largest absolute Gasteiger partial charge is 0.482 e. The van der Waals surface area contributed by atoms with Crippen LogP contribution in [0.25, 0.3) is 0 Å². The van der Waals surface area contributed by atoms with Crippen molar-refractivity contribution in [1.82, 2.24) is 0 Å². The highest BCUT2D eigenvalue weighted by molar-refractivity contribution is 6.05. The summed E-state index contributed by atoms with van der Waals surface area (Å²) in [6.45, 7) is 5.72. The first kappa shape index (κ1) is 18.8. The molecule has 0 aromatic heterocycles. The van der Waals surface area contributed by atoms with E-state index in [1.54, 1.807) is 6.07 Å². The fourth-order valence-corrected chi connectivity index (χ4v) is 2.81. The number of carbonyl (C=O) groups is 2. The number of carbonyl (C=O) groups excluding carboxylic acids is 2. The third-order valence-electron chi connectivity index (χ3n) is 4.22. The number of anilines is 2. The zero-order chi connectivity index (χ0) is 19.8. The Kier molecular flexibility index (Phi) is 4.87. The van der Waals surface area contributed by atoms with Gasteiger partial charge >= 0.3 is 0 Å². The van der Waals surface area contributed by atoms with Crippen LogP contribution in [0.2, 0.25) is 0 Å². The van der Waals surface area contributed by atoms with Crippen molar-refractivity contribution >= 4 is 23.2 Å². The highest BCUT2D eigenvalue weighted by Crippen LogP contribution is 2.36. The molecule has 2 aromatic rings. The Balaban J connectivity index is 1.80. The van der Waals surface area contributed by atoms with E-state index in [0.29, 0.717) is 17.5 Å². The van der Waals surface area contributed by atoms with Crippen LogP contribution in [0.4, 0.5) is 20.2 Å². The smallest absolute Gasteiger partial charge is 0.265 e. The molecule has 0 fully saturated rings. The second-order valence-corrected chi connectivity index (χ2v) is 7.41. The van der Waals surface area contributed by atoms with Crippen LogP contribution in [0, 0.1) is 11.6 Å². The van der Waals surface area contributed by atoms with E-state index in [-0.39, 0.29) is 30.2 Å². The van der Waals surface area contributed by atoms with Gasteiger partial charge in [-0.15, -0.1) is 0 Å². The fraction of sp³-hybridized carbons (Fsp3) is 0.300. The SMILES string of the molecule is CC(C)(C)c1ccc2c(c1)OCC(=O)N2CC(=O)Nc1cc(F)cc(F)c1. The van der Waals surface area contributed by atoms with Crippen molar-refractivity contribution in [2.75, 3.05) is 23.4 Å². The molecule has 5 nitrogen and oxygen atoms in total. The number of halogens is 2. The van der Waals surface area contributed by atoms with Gasteiger partial charge in [0.25, 0.3) is 5.91 Å². The molecule has 2 aromatic carbocycles. The number of hydrogen-bond donors (Lipinski definition) is 1. The molecule has 0 radical (unpaired) electrons.